The molecule has 0 aromatic carbocycles. The molecule has 0 atom stereocenters. The fraction of sp³-hybridized carbons (Fsp3) is 0.786. The van der Waals surface area contributed by atoms with Crippen LogP contribution in [0, 0.1) is 16.7 Å². The summed E-state index contributed by atoms with van der Waals surface area (Å²) < 4.78 is 0. The predicted octanol–water partition coefficient (Wildman–Crippen LogP) is 1.49. The fourth-order valence-electron chi connectivity index (χ4n) is 2.20. The van der Waals surface area contributed by atoms with Gasteiger partial charge in [0.1, 0.15) is 5.41 Å². The Morgan fingerprint density at radius 1 is 1.26 bits per heavy atom. The van der Waals surface area contributed by atoms with E-state index in [0.29, 0.717) is 12.8 Å². The predicted molar refractivity (Wildman–Crippen MR) is 72.0 cm³/mol. The van der Waals surface area contributed by atoms with Gasteiger partial charge in [0.05, 0.1) is 12.6 Å². The van der Waals surface area contributed by atoms with Crippen molar-refractivity contribution in [3.8, 4) is 6.07 Å². The van der Waals surface area contributed by atoms with Crippen LogP contribution in [0.15, 0.2) is 0 Å². The summed E-state index contributed by atoms with van der Waals surface area (Å²) in [5, 5.41) is 14.7. The van der Waals surface area contributed by atoms with Crippen LogP contribution >= 0.6 is 0 Å². The van der Waals surface area contributed by atoms with Crippen LogP contribution in [0.25, 0.3) is 0 Å². The van der Waals surface area contributed by atoms with Gasteiger partial charge in [-0.1, -0.05) is 26.7 Å². The first-order chi connectivity index (χ1) is 9.07. The van der Waals surface area contributed by atoms with Crippen LogP contribution in [-0.2, 0) is 9.59 Å². The number of hydrogen-bond donors (Lipinski definition) is 2. The minimum atomic E-state index is -0.983. The van der Waals surface area contributed by atoms with Crippen molar-refractivity contribution in [1.82, 2.24) is 10.6 Å². The van der Waals surface area contributed by atoms with Crippen molar-refractivity contribution in [1.29, 1.82) is 5.26 Å². The third-order valence-corrected chi connectivity index (χ3v) is 3.35. The molecular formula is C14H23N3O2. The lowest BCUT2D eigenvalue weighted by atomic mass is 9.80. The Kier molecular flexibility index (Phi) is 5.81. The average molecular weight is 265 g/mol. The summed E-state index contributed by atoms with van der Waals surface area (Å²) in [7, 11) is 0. The molecule has 0 unspecified atom stereocenters. The summed E-state index contributed by atoms with van der Waals surface area (Å²) >= 11 is 0. The lowest BCUT2D eigenvalue weighted by Gasteiger charge is -2.24. The van der Waals surface area contributed by atoms with Crippen molar-refractivity contribution < 1.29 is 9.59 Å². The Hall–Kier alpha value is -1.57. The molecule has 0 aliphatic heterocycles. The van der Waals surface area contributed by atoms with Crippen LogP contribution in [0.1, 0.15) is 52.4 Å². The molecule has 0 spiro atoms. The van der Waals surface area contributed by atoms with Crippen molar-refractivity contribution in [3.63, 3.8) is 0 Å². The number of carbonyl (C=O) groups excluding carboxylic acids is 2. The first-order valence-corrected chi connectivity index (χ1v) is 7.07. The smallest absolute Gasteiger partial charge is 0.240 e. The van der Waals surface area contributed by atoms with E-state index in [1.807, 2.05) is 13.8 Å². The van der Waals surface area contributed by atoms with Crippen LogP contribution in [0.5, 0.6) is 0 Å². The van der Waals surface area contributed by atoms with Gasteiger partial charge in [-0.05, 0) is 25.7 Å². The minimum Gasteiger partial charge on any atom is -0.352 e. The molecule has 2 N–H and O–H groups in total. The van der Waals surface area contributed by atoms with Gasteiger partial charge < -0.3 is 10.6 Å². The Morgan fingerprint density at radius 2 is 1.84 bits per heavy atom. The molecule has 2 amide bonds. The van der Waals surface area contributed by atoms with Crippen molar-refractivity contribution >= 4 is 11.8 Å². The molecule has 106 valence electrons. The summed E-state index contributed by atoms with van der Waals surface area (Å²) in [4.78, 5) is 23.7. The van der Waals surface area contributed by atoms with Gasteiger partial charge in [0, 0.05) is 6.04 Å². The number of carbonyl (C=O) groups is 2. The minimum absolute atomic E-state index is 0.0355. The number of nitriles is 1. The monoisotopic (exact) mass is 265 g/mol. The summed E-state index contributed by atoms with van der Waals surface area (Å²) in [5.41, 5.74) is -0.983. The quantitative estimate of drug-likeness (QED) is 0.697. The summed E-state index contributed by atoms with van der Waals surface area (Å²) in [6, 6.07) is 2.44. The van der Waals surface area contributed by atoms with Gasteiger partial charge in [-0.15, -0.1) is 0 Å². The van der Waals surface area contributed by atoms with Gasteiger partial charge in [-0.3, -0.25) is 9.59 Å². The molecule has 5 heteroatoms. The standard InChI is InChI=1S/C14H23N3O2/c1-3-7-14(10-15,8-4-2)13(19)16-9-12(18)17-11-5-6-11/h11H,3-9H2,1-2H3,(H,16,19)(H,17,18). The maximum absolute atomic E-state index is 12.2. The molecular weight excluding hydrogens is 242 g/mol. The highest BCUT2D eigenvalue weighted by Crippen LogP contribution is 2.29. The lowest BCUT2D eigenvalue weighted by Crippen LogP contribution is -2.45. The fourth-order valence-corrected chi connectivity index (χ4v) is 2.20. The average Bonchev–Trinajstić information content (AvgIpc) is 3.19. The molecule has 0 saturated heterocycles. The highest BCUT2D eigenvalue weighted by atomic mass is 16.2. The van der Waals surface area contributed by atoms with Gasteiger partial charge >= 0.3 is 0 Å². The zero-order chi connectivity index (χ0) is 14.3. The molecule has 0 aromatic rings. The normalized spacial score (nSPS) is 14.6. The number of nitrogens with one attached hydrogen (secondary N) is 2. The SMILES string of the molecule is CCCC(C#N)(CCC)C(=O)NCC(=O)NC1CC1. The van der Waals surface area contributed by atoms with Crippen LogP contribution in [0.3, 0.4) is 0 Å². The van der Waals surface area contributed by atoms with Crippen molar-refractivity contribution in [2.24, 2.45) is 5.41 Å². The van der Waals surface area contributed by atoms with E-state index in [-0.39, 0.29) is 24.4 Å². The second-order valence-electron chi connectivity index (χ2n) is 5.22. The van der Waals surface area contributed by atoms with E-state index >= 15 is 0 Å². The molecule has 1 rings (SSSR count). The zero-order valence-electron chi connectivity index (χ0n) is 11.8. The van der Waals surface area contributed by atoms with E-state index in [0.717, 1.165) is 25.7 Å². The topological polar surface area (TPSA) is 82.0 Å². The maximum Gasteiger partial charge on any atom is 0.240 e. The highest BCUT2D eigenvalue weighted by molar-refractivity contribution is 5.89. The van der Waals surface area contributed by atoms with Crippen molar-refractivity contribution in [2.75, 3.05) is 6.54 Å². The van der Waals surface area contributed by atoms with E-state index < -0.39 is 5.41 Å². The second kappa shape index (κ2) is 7.13. The number of rotatable bonds is 8. The number of amides is 2. The van der Waals surface area contributed by atoms with E-state index in [2.05, 4.69) is 16.7 Å². The van der Waals surface area contributed by atoms with E-state index in [9.17, 15) is 14.9 Å². The van der Waals surface area contributed by atoms with Crippen LogP contribution < -0.4 is 10.6 Å². The van der Waals surface area contributed by atoms with Gasteiger partial charge in [0.25, 0.3) is 0 Å². The zero-order valence-corrected chi connectivity index (χ0v) is 11.8. The first-order valence-electron chi connectivity index (χ1n) is 7.07. The van der Waals surface area contributed by atoms with E-state index in [4.69, 9.17) is 0 Å². The number of nitrogens with zero attached hydrogens (tertiary/aromatic N) is 1. The Morgan fingerprint density at radius 3 is 2.26 bits per heavy atom. The summed E-state index contributed by atoms with van der Waals surface area (Å²) in [6.07, 6.45) is 4.66. The molecule has 1 saturated carbocycles. The lowest BCUT2D eigenvalue weighted by molar-refractivity contribution is -0.131. The molecule has 1 aliphatic carbocycles. The summed E-state index contributed by atoms with van der Waals surface area (Å²) in [6.45, 7) is 3.87. The molecule has 0 radical (unpaired) electrons. The molecule has 0 aromatic heterocycles. The third kappa shape index (κ3) is 4.55. The Labute approximate surface area is 114 Å². The van der Waals surface area contributed by atoms with E-state index in [1.165, 1.54) is 0 Å². The Bertz CT molecular complexity index is 363. The molecule has 0 bridgehead atoms. The van der Waals surface area contributed by atoms with Crippen LogP contribution in [0.4, 0.5) is 0 Å². The van der Waals surface area contributed by atoms with Crippen LogP contribution in [-0.4, -0.2) is 24.4 Å². The van der Waals surface area contributed by atoms with Crippen LogP contribution in [0.2, 0.25) is 0 Å². The van der Waals surface area contributed by atoms with Gasteiger partial charge in [0.15, 0.2) is 0 Å². The third-order valence-electron chi connectivity index (χ3n) is 3.35. The summed E-state index contributed by atoms with van der Waals surface area (Å²) in [5.74, 6) is -0.486. The Balaban J connectivity index is 2.50. The number of hydrogen-bond acceptors (Lipinski definition) is 3. The second-order valence-corrected chi connectivity index (χ2v) is 5.22. The largest absolute Gasteiger partial charge is 0.352 e. The molecule has 1 fully saturated rings. The van der Waals surface area contributed by atoms with Crippen molar-refractivity contribution in [3.05, 3.63) is 0 Å². The first kappa shape index (κ1) is 15.5. The molecule has 5 nitrogen and oxygen atoms in total. The van der Waals surface area contributed by atoms with Crippen molar-refractivity contribution in [2.45, 2.75) is 58.4 Å². The van der Waals surface area contributed by atoms with Gasteiger partial charge in [-0.2, -0.15) is 5.26 Å². The molecule has 0 heterocycles. The van der Waals surface area contributed by atoms with Gasteiger partial charge in [-0.25, -0.2) is 0 Å². The molecule has 1 aliphatic rings. The van der Waals surface area contributed by atoms with Gasteiger partial charge in [0.2, 0.25) is 11.8 Å². The maximum atomic E-state index is 12.2. The van der Waals surface area contributed by atoms with E-state index in [1.54, 1.807) is 0 Å². The highest BCUT2D eigenvalue weighted by Gasteiger charge is 2.37. The molecule has 19 heavy (non-hydrogen) atoms.